The Kier molecular flexibility index (Phi) is 15.8. The molecule has 5 fully saturated rings. The van der Waals surface area contributed by atoms with E-state index >= 15 is 0 Å². The summed E-state index contributed by atoms with van der Waals surface area (Å²) in [4.78, 5) is 53.1. The molecule has 2 saturated carbocycles. The third kappa shape index (κ3) is 11.6. The van der Waals surface area contributed by atoms with Gasteiger partial charge in [0.05, 0.1) is 77.6 Å². The zero-order valence-electron chi connectivity index (χ0n) is 48.3. The summed E-state index contributed by atoms with van der Waals surface area (Å²) in [6.45, 7) is 11.8. The van der Waals surface area contributed by atoms with Gasteiger partial charge in [-0.15, -0.1) is 0 Å². The highest BCUT2D eigenvalue weighted by atomic mass is 32.2. The van der Waals surface area contributed by atoms with Crippen LogP contribution in [0.4, 0.5) is 28.4 Å². The van der Waals surface area contributed by atoms with Gasteiger partial charge in [0.15, 0.2) is 0 Å². The minimum atomic E-state index is -4.66. The molecule has 4 N–H and O–H groups in total. The second-order valence-corrected chi connectivity index (χ2v) is 25.9. The van der Waals surface area contributed by atoms with Crippen molar-refractivity contribution in [3.63, 3.8) is 0 Å². The molecule has 23 heteroatoms. The van der Waals surface area contributed by atoms with Crippen LogP contribution in [-0.2, 0) is 21.3 Å². The number of nitro benzene ring substituents is 1. The normalized spacial score (nSPS) is 23.8. The quantitative estimate of drug-likeness (QED) is 0.0493. The monoisotopic (exact) mass is 1170 g/mol. The molecule has 22 nitrogen and oxygen atoms in total. The van der Waals surface area contributed by atoms with Crippen molar-refractivity contribution in [1.82, 2.24) is 34.5 Å². The zero-order chi connectivity index (χ0) is 58.5. The number of fused-ring (bicyclic) bond motifs is 3. The Balaban J connectivity index is 0.796. The third-order valence-electron chi connectivity index (χ3n) is 18.2. The number of hydrogen-bond donors (Lipinski definition) is 4. The Bertz CT molecular complexity index is 3520. The number of aromatic nitrogens is 4. The van der Waals surface area contributed by atoms with Crippen LogP contribution in [0.5, 0.6) is 23.4 Å². The molecule has 2 aliphatic carbocycles. The van der Waals surface area contributed by atoms with Crippen LogP contribution in [0.25, 0.3) is 11.0 Å². The maximum absolute atomic E-state index is 14.9. The smallest absolute Gasteiger partial charge is 0.293 e. The van der Waals surface area contributed by atoms with Gasteiger partial charge >= 0.3 is 0 Å². The lowest BCUT2D eigenvalue weighted by molar-refractivity contribution is -0.384. The Morgan fingerprint density at radius 1 is 0.940 bits per heavy atom. The number of nitrogens with zero attached hydrogens (tertiary/aromatic N) is 8. The van der Waals surface area contributed by atoms with Crippen molar-refractivity contribution in [3.8, 4) is 23.4 Å². The van der Waals surface area contributed by atoms with Crippen LogP contribution in [0.2, 0.25) is 0 Å². The van der Waals surface area contributed by atoms with Crippen LogP contribution >= 0.6 is 0 Å². The summed E-state index contributed by atoms with van der Waals surface area (Å²) in [6, 6.07) is 21.6. The van der Waals surface area contributed by atoms with Crippen molar-refractivity contribution in [2.75, 3.05) is 81.8 Å². The number of ether oxygens (including phenoxy) is 5. The van der Waals surface area contributed by atoms with Crippen LogP contribution in [-0.4, -0.2) is 151 Å². The molecule has 0 unspecified atom stereocenters. The zero-order valence-corrected chi connectivity index (χ0v) is 49.1. The van der Waals surface area contributed by atoms with E-state index in [-0.39, 0.29) is 47.4 Å². The number of amides is 1. The molecule has 3 atom stereocenters. The second-order valence-electron chi connectivity index (χ2n) is 24.2. The molecule has 6 aliphatic rings. The minimum absolute atomic E-state index is 0.0128. The number of aliphatic hydroxyl groups is 1. The number of carbonyl (C=O) groups excluding carboxylic acids is 1. The fourth-order valence-corrected chi connectivity index (χ4v) is 14.6. The number of nitrogens with one attached hydrogen (secondary N) is 3. The van der Waals surface area contributed by atoms with Gasteiger partial charge in [-0.1, -0.05) is 18.2 Å². The highest BCUT2D eigenvalue weighted by Gasteiger charge is 2.51. The van der Waals surface area contributed by atoms with Gasteiger partial charge in [-0.3, -0.25) is 24.7 Å². The van der Waals surface area contributed by atoms with Crippen molar-refractivity contribution >= 4 is 55.4 Å². The molecule has 7 heterocycles. The van der Waals surface area contributed by atoms with Gasteiger partial charge in [-0.25, -0.2) is 23.1 Å². The van der Waals surface area contributed by atoms with E-state index in [1.165, 1.54) is 17.7 Å². The molecular weight excluding hydrogens is 1090 g/mol. The number of pyridine rings is 1. The molecule has 4 aliphatic heterocycles. The van der Waals surface area contributed by atoms with E-state index in [1.54, 1.807) is 32.7 Å². The Hall–Kier alpha value is -7.31. The van der Waals surface area contributed by atoms with Crippen molar-refractivity contribution in [1.29, 1.82) is 0 Å². The molecule has 1 amide bonds. The van der Waals surface area contributed by atoms with E-state index in [2.05, 4.69) is 71.7 Å². The lowest BCUT2D eigenvalue weighted by Crippen LogP contribution is -2.59. The molecule has 6 aromatic rings. The van der Waals surface area contributed by atoms with Gasteiger partial charge in [0.25, 0.3) is 33.4 Å². The lowest BCUT2D eigenvalue weighted by Gasteiger charge is -2.58. The van der Waals surface area contributed by atoms with Crippen LogP contribution in [0.3, 0.4) is 0 Å². The number of piperidine rings is 1. The first-order valence-electron chi connectivity index (χ1n) is 29.4. The fourth-order valence-electron chi connectivity index (χ4n) is 13.7. The van der Waals surface area contributed by atoms with E-state index in [4.69, 9.17) is 33.7 Å². The van der Waals surface area contributed by atoms with Crippen LogP contribution in [0, 0.1) is 21.4 Å². The summed E-state index contributed by atoms with van der Waals surface area (Å²) in [5.74, 6) is 1.25. The Morgan fingerprint density at radius 3 is 2.49 bits per heavy atom. The highest BCUT2D eigenvalue weighted by molar-refractivity contribution is 7.90. The molecule has 3 saturated heterocycles. The lowest BCUT2D eigenvalue weighted by atomic mass is 9.59. The number of anilines is 4. The minimum Gasteiger partial charge on any atom is -0.491 e. The first-order valence-corrected chi connectivity index (χ1v) is 30.8. The van der Waals surface area contributed by atoms with E-state index < -0.39 is 43.1 Å². The summed E-state index contributed by atoms with van der Waals surface area (Å²) in [5.41, 5.74) is 3.85. The largest absolute Gasteiger partial charge is 0.491 e. The predicted octanol–water partition coefficient (Wildman–Crippen LogP) is 8.53. The average Bonchev–Trinajstić information content (AvgIpc) is 1.20. The van der Waals surface area contributed by atoms with Gasteiger partial charge in [-0.05, 0) is 138 Å². The average molecular weight is 1170 g/mol. The van der Waals surface area contributed by atoms with E-state index in [9.17, 15) is 28.4 Å². The molecule has 3 aromatic carbocycles. The highest BCUT2D eigenvalue weighted by Crippen LogP contribution is 2.54. The summed E-state index contributed by atoms with van der Waals surface area (Å²) < 4.78 is 60.7. The Labute approximate surface area is 489 Å². The molecule has 0 radical (unpaired) electrons. The number of H-pyrrole nitrogens is 1. The molecule has 12 rings (SSSR count). The summed E-state index contributed by atoms with van der Waals surface area (Å²) >= 11 is 0. The third-order valence-corrected chi connectivity index (χ3v) is 19.6. The molecule has 446 valence electrons. The number of sulfonamides is 1. The number of hydrogen-bond acceptors (Lipinski definition) is 19. The van der Waals surface area contributed by atoms with Crippen LogP contribution in [0.1, 0.15) is 106 Å². The van der Waals surface area contributed by atoms with Gasteiger partial charge in [-0.2, -0.15) is 4.98 Å². The first-order chi connectivity index (χ1) is 40.5. The molecule has 1 spiro atoms. The van der Waals surface area contributed by atoms with E-state index in [1.807, 2.05) is 37.3 Å². The molecule has 0 bridgehead atoms. The maximum atomic E-state index is 14.9. The standard InChI is InChI=1S/C61H75N11O11S/c1-38(2)82-53-9-7-6-8-45(53)52-36-68(35-41-34-64-58(79-4)59(65-41)80-5)25-26-70(52)43-31-61(32-43)20-23-69(24-21-61)42-10-12-46(49(29-42)71-48-17-27-81-37-54(48)83-57-51(71)28-40-16-22-62-55(40)66-57)56(73)67-84(77,78)44-11-13-47(50(30-44)72(75)76)63-33-39-14-18-60(3,74)19-15-39/h6-13,16,22,28-30,34,38-39,43,48,52,54,63,74H,14-15,17-21,23-27,31-33,35-37H2,1-5H3,(H,62,66)(H,67,73)/t39?,48-,52+,54-,60?/m0/s1. The molecular formula is C61H75N11O11S. The van der Waals surface area contributed by atoms with Crippen molar-refractivity contribution in [2.24, 2.45) is 11.3 Å². The number of carbonyl (C=O) groups is 1. The summed E-state index contributed by atoms with van der Waals surface area (Å²) in [6.07, 6.45) is 10.5. The van der Waals surface area contributed by atoms with Gasteiger partial charge in [0, 0.05) is 87.4 Å². The number of benzene rings is 3. The number of piperazine rings is 1. The van der Waals surface area contributed by atoms with Gasteiger partial charge in [0.2, 0.25) is 5.88 Å². The van der Waals surface area contributed by atoms with E-state index in [0.717, 1.165) is 99.8 Å². The van der Waals surface area contributed by atoms with Gasteiger partial charge in [0.1, 0.15) is 28.9 Å². The number of para-hydroxylation sites is 1. The summed E-state index contributed by atoms with van der Waals surface area (Å²) in [7, 11) is -1.53. The van der Waals surface area contributed by atoms with Gasteiger partial charge < -0.3 is 48.9 Å². The predicted molar refractivity (Wildman–Crippen MR) is 316 cm³/mol. The van der Waals surface area contributed by atoms with Crippen molar-refractivity contribution in [3.05, 3.63) is 112 Å². The second kappa shape index (κ2) is 23.3. The molecule has 84 heavy (non-hydrogen) atoms. The maximum Gasteiger partial charge on any atom is 0.293 e. The van der Waals surface area contributed by atoms with E-state index in [0.29, 0.717) is 79.7 Å². The summed E-state index contributed by atoms with van der Waals surface area (Å²) in [5, 5.41) is 26.9. The number of nitro groups is 1. The number of aromatic amines is 1. The van der Waals surface area contributed by atoms with Crippen molar-refractivity contribution < 1.29 is 46.9 Å². The first kappa shape index (κ1) is 57.1. The Morgan fingerprint density at radius 2 is 1.73 bits per heavy atom. The molecule has 3 aromatic heterocycles. The topological polar surface area (TPSA) is 252 Å². The van der Waals surface area contributed by atoms with Crippen molar-refractivity contribution in [2.45, 2.75) is 126 Å². The fraction of sp³-hybridized carbons (Fsp3) is 0.508. The van der Waals surface area contributed by atoms with Crippen LogP contribution < -0.4 is 38.8 Å². The van der Waals surface area contributed by atoms with Crippen LogP contribution in [0.15, 0.2) is 90.1 Å². The number of rotatable bonds is 17. The number of methoxy groups -OCH3 is 2. The SMILES string of the molecule is COc1ncc(CN2CCN(C3CC4(CCN(c5ccc(C(=O)NS(=O)(=O)c6ccc(NCC7CCC(C)(O)CC7)c([N+](=O)[O-])c6)c(N6c7cc8cc[nH]c8nc7O[C@H]7COCC[C@@H]76)c5)CC4)C3)[C@@H](c3ccccc3OC(C)C)C2)nc1OC.